The summed E-state index contributed by atoms with van der Waals surface area (Å²) in [5.41, 5.74) is 2.13. The van der Waals surface area contributed by atoms with E-state index in [4.69, 9.17) is 14.2 Å². The molecule has 1 aliphatic heterocycles. The molecular weight excluding hydrogens is 342 g/mol. The van der Waals surface area contributed by atoms with Gasteiger partial charge in [0.15, 0.2) is 0 Å². The van der Waals surface area contributed by atoms with E-state index in [2.05, 4.69) is 24.2 Å². The number of carbonyl (C=O) groups excluding carboxylic acids is 1. The van der Waals surface area contributed by atoms with E-state index in [1.165, 1.54) is 5.56 Å². The number of carbonyl (C=O) groups is 1. The van der Waals surface area contributed by atoms with Gasteiger partial charge in [-0.3, -0.25) is 4.79 Å². The Kier molecular flexibility index (Phi) is 4.23. The van der Waals surface area contributed by atoms with Crippen LogP contribution < -0.4 is 0 Å². The van der Waals surface area contributed by atoms with Gasteiger partial charge < -0.3 is 14.2 Å². The van der Waals surface area contributed by atoms with Gasteiger partial charge in [0.1, 0.15) is 0 Å². The van der Waals surface area contributed by atoms with Crippen molar-refractivity contribution < 1.29 is 14.1 Å². The minimum Gasteiger partial charge on any atom is -0.378 e. The minimum absolute atomic E-state index is 0.0207. The van der Waals surface area contributed by atoms with Crippen LogP contribution in [0.3, 0.4) is 0 Å². The molecule has 1 saturated heterocycles. The zero-order valence-electron chi connectivity index (χ0n) is 15.6. The fourth-order valence-corrected chi connectivity index (χ4v) is 5.27. The Morgan fingerprint density at radius 2 is 2.00 bits per heavy atom. The highest BCUT2D eigenvalue weighted by atomic mass is 16.5. The summed E-state index contributed by atoms with van der Waals surface area (Å²) in [6, 6.07) is 8.12. The third-order valence-electron chi connectivity index (χ3n) is 6.53. The lowest BCUT2D eigenvalue weighted by molar-refractivity contribution is -0.142. The highest BCUT2D eigenvalue weighted by Crippen LogP contribution is 2.57. The molecule has 2 bridgehead atoms. The first-order chi connectivity index (χ1) is 13.2. The standard InChI is InChI=1S/C21H25N3O3/c1-13-3-2-4-16(11-13)19-22-20(27-23-19)17-14-5-6-15(12-14)18(17)21(25)24-7-9-26-10-8-24/h2-4,11,14-15,17-18H,5-10,12H2,1H3/t14-,15+,17+,18+/m1/s1. The number of fused-ring (bicyclic) bond motifs is 2. The molecule has 3 aliphatic rings. The molecule has 4 atom stereocenters. The van der Waals surface area contributed by atoms with Crippen molar-refractivity contribution in [3.8, 4) is 11.4 Å². The third-order valence-corrected chi connectivity index (χ3v) is 6.53. The van der Waals surface area contributed by atoms with Gasteiger partial charge in [-0.05, 0) is 44.1 Å². The van der Waals surface area contributed by atoms with Gasteiger partial charge in [0.25, 0.3) is 0 Å². The van der Waals surface area contributed by atoms with Crippen molar-refractivity contribution in [2.24, 2.45) is 17.8 Å². The number of ether oxygens (including phenoxy) is 1. The van der Waals surface area contributed by atoms with E-state index >= 15 is 0 Å². The zero-order chi connectivity index (χ0) is 18.4. The highest BCUT2D eigenvalue weighted by Gasteiger charge is 2.54. The Hall–Kier alpha value is -2.21. The van der Waals surface area contributed by atoms with Crippen LogP contribution in [0.2, 0.25) is 0 Å². The molecule has 1 amide bonds. The second-order valence-corrected chi connectivity index (χ2v) is 8.15. The van der Waals surface area contributed by atoms with Crippen molar-refractivity contribution in [3.05, 3.63) is 35.7 Å². The van der Waals surface area contributed by atoms with Crippen molar-refractivity contribution in [3.63, 3.8) is 0 Å². The lowest BCUT2D eigenvalue weighted by Gasteiger charge is -2.34. The molecule has 3 fully saturated rings. The number of rotatable bonds is 3. The molecule has 0 spiro atoms. The second kappa shape index (κ2) is 6.75. The van der Waals surface area contributed by atoms with Crippen molar-refractivity contribution in [2.45, 2.75) is 32.1 Å². The molecule has 27 heavy (non-hydrogen) atoms. The molecule has 2 aliphatic carbocycles. The van der Waals surface area contributed by atoms with Gasteiger partial charge in [0, 0.05) is 18.7 Å². The number of morpholine rings is 1. The van der Waals surface area contributed by atoms with Crippen LogP contribution in [0.4, 0.5) is 0 Å². The summed E-state index contributed by atoms with van der Waals surface area (Å²) >= 11 is 0. The van der Waals surface area contributed by atoms with Crippen LogP contribution in [-0.2, 0) is 9.53 Å². The van der Waals surface area contributed by atoms with E-state index in [0.29, 0.717) is 49.9 Å². The van der Waals surface area contributed by atoms with Crippen molar-refractivity contribution in [2.75, 3.05) is 26.3 Å². The van der Waals surface area contributed by atoms with Crippen LogP contribution in [0.25, 0.3) is 11.4 Å². The van der Waals surface area contributed by atoms with Crippen LogP contribution in [-0.4, -0.2) is 47.3 Å². The lowest BCUT2D eigenvalue weighted by Crippen LogP contribution is -2.46. The van der Waals surface area contributed by atoms with Crippen LogP contribution in [0, 0.1) is 24.7 Å². The average Bonchev–Trinajstić information content (AvgIpc) is 3.43. The van der Waals surface area contributed by atoms with Gasteiger partial charge in [-0.15, -0.1) is 0 Å². The van der Waals surface area contributed by atoms with Crippen LogP contribution in [0.15, 0.2) is 28.8 Å². The molecular formula is C21H25N3O3. The van der Waals surface area contributed by atoms with Gasteiger partial charge in [0.2, 0.25) is 17.6 Å². The first-order valence-corrected chi connectivity index (χ1v) is 9.98. The second-order valence-electron chi connectivity index (χ2n) is 8.15. The number of aryl methyl sites for hydroxylation is 1. The Morgan fingerprint density at radius 1 is 1.19 bits per heavy atom. The van der Waals surface area contributed by atoms with Gasteiger partial charge in [-0.25, -0.2) is 0 Å². The smallest absolute Gasteiger partial charge is 0.231 e. The minimum atomic E-state index is -0.0207. The van der Waals surface area contributed by atoms with Crippen molar-refractivity contribution >= 4 is 5.91 Å². The average molecular weight is 367 g/mol. The zero-order valence-corrected chi connectivity index (χ0v) is 15.6. The Bertz CT molecular complexity index is 843. The SMILES string of the molecule is Cc1cccc(-c2noc([C@H]3[C@@H]4CC[C@@H](C4)[C@@H]3C(=O)N3CCOCC3)n2)c1. The molecule has 0 N–H and O–H groups in total. The van der Waals surface area contributed by atoms with Crippen molar-refractivity contribution in [1.29, 1.82) is 0 Å². The maximum absolute atomic E-state index is 13.3. The predicted octanol–water partition coefficient (Wildman–Crippen LogP) is 3.03. The van der Waals surface area contributed by atoms with E-state index in [1.807, 2.05) is 17.0 Å². The van der Waals surface area contributed by atoms with E-state index < -0.39 is 0 Å². The molecule has 142 valence electrons. The highest BCUT2D eigenvalue weighted by molar-refractivity contribution is 5.81. The van der Waals surface area contributed by atoms with E-state index in [0.717, 1.165) is 24.8 Å². The molecule has 0 unspecified atom stereocenters. The molecule has 5 rings (SSSR count). The first kappa shape index (κ1) is 16.9. The van der Waals surface area contributed by atoms with Crippen LogP contribution >= 0.6 is 0 Å². The maximum atomic E-state index is 13.3. The summed E-state index contributed by atoms with van der Waals surface area (Å²) in [5.74, 6) is 2.49. The van der Waals surface area contributed by atoms with E-state index in [9.17, 15) is 4.79 Å². The summed E-state index contributed by atoms with van der Waals surface area (Å²) in [7, 11) is 0. The van der Waals surface area contributed by atoms with Gasteiger partial charge in [-0.2, -0.15) is 4.98 Å². The summed E-state index contributed by atoms with van der Waals surface area (Å²) < 4.78 is 11.1. The molecule has 6 nitrogen and oxygen atoms in total. The Labute approximate surface area is 158 Å². The summed E-state index contributed by atoms with van der Waals surface area (Å²) in [6.45, 7) is 4.71. The molecule has 2 heterocycles. The molecule has 1 aromatic heterocycles. The van der Waals surface area contributed by atoms with Gasteiger partial charge in [0.05, 0.1) is 25.0 Å². The molecule has 2 aromatic rings. The topological polar surface area (TPSA) is 68.5 Å². The molecule has 6 heteroatoms. The van der Waals surface area contributed by atoms with Crippen LogP contribution in [0.5, 0.6) is 0 Å². The number of hydrogen-bond donors (Lipinski definition) is 0. The van der Waals surface area contributed by atoms with Crippen LogP contribution in [0.1, 0.15) is 36.6 Å². The Morgan fingerprint density at radius 3 is 2.81 bits per heavy atom. The lowest BCUT2D eigenvalue weighted by atomic mass is 9.78. The molecule has 2 saturated carbocycles. The monoisotopic (exact) mass is 367 g/mol. The number of benzene rings is 1. The fourth-order valence-electron chi connectivity index (χ4n) is 5.27. The largest absolute Gasteiger partial charge is 0.378 e. The first-order valence-electron chi connectivity index (χ1n) is 9.98. The number of nitrogens with zero attached hydrogens (tertiary/aromatic N) is 3. The molecule has 1 aromatic carbocycles. The maximum Gasteiger partial charge on any atom is 0.231 e. The summed E-state index contributed by atoms with van der Waals surface area (Å²) in [6.07, 6.45) is 3.40. The molecule has 0 radical (unpaired) electrons. The van der Waals surface area contributed by atoms with E-state index in [-0.39, 0.29) is 17.7 Å². The van der Waals surface area contributed by atoms with Crippen molar-refractivity contribution in [1.82, 2.24) is 15.0 Å². The third kappa shape index (κ3) is 2.96. The quantitative estimate of drug-likeness (QED) is 0.834. The summed E-state index contributed by atoms with van der Waals surface area (Å²) in [4.78, 5) is 20.0. The van der Waals surface area contributed by atoms with E-state index in [1.54, 1.807) is 0 Å². The number of aromatic nitrogens is 2. The summed E-state index contributed by atoms with van der Waals surface area (Å²) in [5, 5.41) is 4.23. The van der Waals surface area contributed by atoms with Gasteiger partial charge >= 0.3 is 0 Å². The fraction of sp³-hybridized carbons (Fsp3) is 0.571. The predicted molar refractivity (Wildman–Crippen MR) is 98.9 cm³/mol. The number of amides is 1. The number of hydrogen-bond acceptors (Lipinski definition) is 5. The van der Waals surface area contributed by atoms with Gasteiger partial charge in [-0.1, -0.05) is 28.9 Å². The Balaban J connectivity index is 1.43. The normalized spacial score (nSPS) is 30.0.